The number of hydrogen-bond acceptors (Lipinski definition) is 6. The van der Waals surface area contributed by atoms with E-state index in [1.165, 1.54) is 44.2 Å². The van der Waals surface area contributed by atoms with Crippen molar-refractivity contribution in [3.63, 3.8) is 0 Å². The maximum Gasteiger partial charge on any atom is 0.307 e. The van der Waals surface area contributed by atoms with Gasteiger partial charge in [0.05, 0.1) is 30.0 Å². The zero-order valence-electron chi connectivity index (χ0n) is 31.5. The van der Waals surface area contributed by atoms with E-state index in [1.807, 2.05) is 19.1 Å². The van der Waals surface area contributed by atoms with Crippen LogP contribution in [0, 0.1) is 24.1 Å². The number of aryl methyl sites for hydroxylation is 1. The van der Waals surface area contributed by atoms with E-state index < -0.39 is 11.6 Å². The summed E-state index contributed by atoms with van der Waals surface area (Å²) < 4.78 is 19.3. The molecule has 0 spiro atoms. The minimum Gasteiger partial charge on any atom is -0.493 e. The second-order valence-corrected chi connectivity index (χ2v) is 16.2. The maximum atomic E-state index is 13.3. The van der Waals surface area contributed by atoms with E-state index in [1.54, 1.807) is 32.9 Å². The van der Waals surface area contributed by atoms with E-state index in [0.29, 0.717) is 19.6 Å². The Balaban J connectivity index is 0.00000105. The number of aliphatic hydroxyl groups is 1. The molecular formula is C42H60FN3O4. The molecule has 2 aliphatic rings. The number of aromatic nitrogens is 1. The Labute approximate surface area is 299 Å². The van der Waals surface area contributed by atoms with Crippen LogP contribution in [0.25, 0.3) is 11.1 Å². The maximum absolute atomic E-state index is 13.3. The number of carboxylic acids is 1. The van der Waals surface area contributed by atoms with Crippen LogP contribution in [0.15, 0.2) is 48.5 Å². The standard InChI is InChI=1S/C38H50FN3O3.C4H10O/c1-27-33(24-35(43)44)37(42-21-19-38(2,3)20-22-42)36(34(40-27)26-41(4)25-29-8-6-5-7-9-29)30-12-16-32(17-13-30)45-23-18-28-10-14-31(39)15-11-28;1-4(2,3)5/h10-17,29H,5-9,18-26H2,1-4H3,(H,43,44);5H,1-3H3. The van der Waals surface area contributed by atoms with Crippen LogP contribution in [0.2, 0.25) is 0 Å². The van der Waals surface area contributed by atoms with Crippen molar-refractivity contribution >= 4 is 11.7 Å². The van der Waals surface area contributed by atoms with Crippen molar-refractivity contribution in [3.05, 3.63) is 76.9 Å². The van der Waals surface area contributed by atoms with Crippen molar-refractivity contribution in [2.45, 2.75) is 111 Å². The highest BCUT2D eigenvalue weighted by molar-refractivity contribution is 5.86. The van der Waals surface area contributed by atoms with Crippen molar-refractivity contribution < 1.29 is 24.1 Å². The van der Waals surface area contributed by atoms with Gasteiger partial charge in [0.25, 0.3) is 0 Å². The molecule has 2 fully saturated rings. The number of benzene rings is 2. The number of hydrogen-bond donors (Lipinski definition) is 2. The Bertz CT molecular complexity index is 1510. The van der Waals surface area contributed by atoms with E-state index >= 15 is 0 Å². The highest BCUT2D eigenvalue weighted by Gasteiger charge is 2.31. The van der Waals surface area contributed by atoms with Gasteiger partial charge in [-0.2, -0.15) is 0 Å². The van der Waals surface area contributed by atoms with E-state index in [2.05, 4.69) is 42.8 Å². The van der Waals surface area contributed by atoms with Crippen molar-refractivity contribution in [2.75, 3.05) is 38.2 Å². The number of carbonyl (C=O) groups is 1. The van der Waals surface area contributed by atoms with Crippen molar-refractivity contribution in [3.8, 4) is 16.9 Å². The van der Waals surface area contributed by atoms with Crippen LogP contribution in [0.4, 0.5) is 10.1 Å². The number of halogens is 1. The molecule has 1 saturated carbocycles. The normalized spacial score (nSPS) is 16.6. The molecule has 5 rings (SSSR count). The van der Waals surface area contributed by atoms with Crippen LogP contribution in [0.3, 0.4) is 0 Å². The van der Waals surface area contributed by atoms with Gasteiger partial charge in [-0.15, -0.1) is 0 Å². The lowest BCUT2D eigenvalue weighted by molar-refractivity contribution is -0.136. The van der Waals surface area contributed by atoms with Crippen molar-refractivity contribution in [1.82, 2.24) is 9.88 Å². The van der Waals surface area contributed by atoms with Crippen LogP contribution in [-0.2, 0) is 24.2 Å². The van der Waals surface area contributed by atoms with Crippen molar-refractivity contribution in [1.29, 1.82) is 0 Å². The summed E-state index contributed by atoms with van der Waals surface area (Å²) >= 11 is 0. The molecule has 3 aromatic rings. The van der Waals surface area contributed by atoms with Crippen molar-refractivity contribution in [2.24, 2.45) is 11.3 Å². The quantitative estimate of drug-likeness (QED) is 0.197. The summed E-state index contributed by atoms with van der Waals surface area (Å²) in [5, 5.41) is 18.5. The molecule has 1 aliphatic heterocycles. The molecule has 0 unspecified atom stereocenters. The molecule has 0 amide bonds. The lowest BCUT2D eigenvalue weighted by Gasteiger charge is -2.40. The largest absolute Gasteiger partial charge is 0.493 e. The monoisotopic (exact) mass is 689 g/mol. The molecule has 0 atom stereocenters. The van der Waals surface area contributed by atoms with Crippen LogP contribution in [0.5, 0.6) is 5.75 Å². The van der Waals surface area contributed by atoms with Gasteiger partial charge in [0, 0.05) is 49.4 Å². The van der Waals surface area contributed by atoms with E-state index in [4.69, 9.17) is 14.8 Å². The summed E-state index contributed by atoms with van der Waals surface area (Å²) in [5.74, 6) is 0.412. The Kier molecular flexibility index (Phi) is 13.9. The molecule has 0 bridgehead atoms. The average Bonchev–Trinajstić information content (AvgIpc) is 3.03. The molecule has 274 valence electrons. The SMILES string of the molecule is CC(C)(C)O.Cc1nc(CN(C)CC2CCCCC2)c(-c2ccc(OCCc3ccc(F)cc3)cc2)c(N2CCC(C)(C)CC2)c1CC(=O)O. The van der Waals surface area contributed by atoms with Gasteiger partial charge in [0.15, 0.2) is 0 Å². The number of ether oxygens (including phenoxy) is 1. The molecule has 1 aliphatic carbocycles. The fourth-order valence-corrected chi connectivity index (χ4v) is 7.04. The molecule has 2 N–H and O–H groups in total. The Morgan fingerprint density at radius 1 is 1.02 bits per heavy atom. The zero-order valence-corrected chi connectivity index (χ0v) is 31.5. The second-order valence-electron chi connectivity index (χ2n) is 16.2. The van der Waals surface area contributed by atoms with Gasteiger partial charge in [0.2, 0.25) is 0 Å². The highest BCUT2D eigenvalue weighted by Crippen LogP contribution is 2.42. The number of piperidine rings is 1. The molecule has 0 radical (unpaired) electrons. The van der Waals surface area contributed by atoms with Crippen LogP contribution >= 0.6 is 0 Å². The molecule has 50 heavy (non-hydrogen) atoms. The predicted octanol–water partition coefficient (Wildman–Crippen LogP) is 8.86. The molecule has 2 heterocycles. The topological polar surface area (TPSA) is 86.1 Å². The third-order valence-corrected chi connectivity index (χ3v) is 9.74. The summed E-state index contributed by atoms with van der Waals surface area (Å²) in [4.78, 5) is 22.1. The summed E-state index contributed by atoms with van der Waals surface area (Å²) in [6.07, 6.45) is 9.31. The van der Waals surface area contributed by atoms with Gasteiger partial charge in [-0.25, -0.2) is 4.39 Å². The summed E-state index contributed by atoms with van der Waals surface area (Å²) in [6.45, 7) is 15.9. The van der Waals surface area contributed by atoms with Gasteiger partial charge in [-0.3, -0.25) is 9.78 Å². The number of anilines is 1. The van der Waals surface area contributed by atoms with Gasteiger partial charge >= 0.3 is 5.97 Å². The zero-order chi connectivity index (χ0) is 36.5. The Morgan fingerprint density at radius 3 is 2.20 bits per heavy atom. The predicted molar refractivity (Wildman–Crippen MR) is 201 cm³/mol. The fourth-order valence-electron chi connectivity index (χ4n) is 7.04. The van der Waals surface area contributed by atoms with E-state index in [-0.39, 0.29) is 17.7 Å². The number of rotatable bonds is 12. The minimum atomic E-state index is -0.837. The first kappa shape index (κ1) is 39.3. The molecule has 7 nitrogen and oxygen atoms in total. The Hall–Kier alpha value is -3.49. The number of nitrogens with zero attached hydrogens (tertiary/aromatic N) is 3. The third kappa shape index (κ3) is 12.4. The first-order valence-electron chi connectivity index (χ1n) is 18.5. The lowest BCUT2D eigenvalue weighted by Crippen LogP contribution is -2.38. The molecule has 8 heteroatoms. The molecule has 2 aromatic carbocycles. The van der Waals surface area contributed by atoms with Gasteiger partial charge in [-0.05, 0) is 107 Å². The Morgan fingerprint density at radius 2 is 1.62 bits per heavy atom. The number of carboxylic acid groups (broad SMARTS) is 1. The first-order chi connectivity index (χ1) is 23.6. The van der Waals surface area contributed by atoms with Crippen LogP contribution in [-0.4, -0.2) is 65.0 Å². The van der Waals surface area contributed by atoms with E-state index in [0.717, 1.165) is 83.5 Å². The first-order valence-corrected chi connectivity index (χ1v) is 18.5. The summed E-state index contributed by atoms with van der Waals surface area (Å²) in [6, 6.07) is 14.7. The van der Waals surface area contributed by atoms with Gasteiger partial charge in [-0.1, -0.05) is 57.4 Å². The molecular weight excluding hydrogens is 629 g/mol. The smallest absolute Gasteiger partial charge is 0.307 e. The van der Waals surface area contributed by atoms with Crippen LogP contribution in [0.1, 0.15) is 102 Å². The third-order valence-electron chi connectivity index (χ3n) is 9.74. The molecule has 1 aromatic heterocycles. The van der Waals surface area contributed by atoms with Crippen LogP contribution < -0.4 is 9.64 Å². The number of aliphatic carboxylic acids is 1. The van der Waals surface area contributed by atoms with E-state index in [9.17, 15) is 14.3 Å². The summed E-state index contributed by atoms with van der Waals surface area (Å²) in [7, 11) is 2.20. The fraction of sp³-hybridized carbons (Fsp3) is 0.571. The molecule has 1 saturated heterocycles. The summed E-state index contributed by atoms with van der Waals surface area (Å²) in [5.41, 5.74) is 6.53. The minimum absolute atomic E-state index is 0.0518. The highest BCUT2D eigenvalue weighted by atomic mass is 19.1. The lowest BCUT2D eigenvalue weighted by atomic mass is 9.82. The second kappa shape index (κ2) is 17.6. The number of pyridine rings is 1. The van der Waals surface area contributed by atoms with Gasteiger partial charge < -0.3 is 24.7 Å². The van der Waals surface area contributed by atoms with Gasteiger partial charge in [0.1, 0.15) is 11.6 Å². The average molecular weight is 690 g/mol.